The second-order valence-electron chi connectivity index (χ2n) is 4.44. The standard InChI is InChI=1S/C12H15Cl2NO2/c13-9-3-1-8(2-4-9)7-15-12(16)10-5-6-17-11(10)14/h5-6,8-9H,1-4,7H2,(H,15,16). The molecule has 1 fully saturated rings. The summed E-state index contributed by atoms with van der Waals surface area (Å²) in [7, 11) is 0. The lowest BCUT2D eigenvalue weighted by molar-refractivity contribution is 0.0943. The van der Waals surface area contributed by atoms with Crippen LogP contribution >= 0.6 is 23.2 Å². The first-order chi connectivity index (χ1) is 8.16. The van der Waals surface area contributed by atoms with Crippen molar-refractivity contribution in [1.29, 1.82) is 0 Å². The van der Waals surface area contributed by atoms with Gasteiger partial charge in [0.25, 0.3) is 5.91 Å². The first-order valence-electron chi connectivity index (χ1n) is 5.82. The Morgan fingerprint density at radius 3 is 2.71 bits per heavy atom. The lowest BCUT2D eigenvalue weighted by Crippen LogP contribution is -2.31. The van der Waals surface area contributed by atoms with E-state index in [0.29, 0.717) is 23.4 Å². The molecule has 0 saturated heterocycles. The predicted octanol–water partition coefficient (Wildman–Crippen LogP) is 3.46. The summed E-state index contributed by atoms with van der Waals surface area (Å²) in [5.74, 6) is 0.358. The number of nitrogens with one attached hydrogen (secondary N) is 1. The van der Waals surface area contributed by atoms with Crippen LogP contribution in [0, 0.1) is 5.92 Å². The molecular weight excluding hydrogens is 261 g/mol. The zero-order chi connectivity index (χ0) is 12.3. The molecule has 1 saturated carbocycles. The fourth-order valence-corrected chi connectivity index (χ4v) is 2.57. The van der Waals surface area contributed by atoms with Gasteiger partial charge in [-0.05, 0) is 49.3 Å². The summed E-state index contributed by atoms with van der Waals surface area (Å²) < 4.78 is 4.88. The van der Waals surface area contributed by atoms with Crippen LogP contribution in [0.3, 0.4) is 0 Å². The quantitative estimate of drug-likeness (QED) is 0.859. The molecule has 94 valence electrons. The van der Waals surface area contributed by atoms with E-state index in [4.69, 9.17) is 27.6 Å². The SMILES string of the molecule is O=C(NCC1CCC(Cl)CC1)c1ccoc1Cl. The van der Waals surface area contributed by atoms with E-state index in [1.54, 1.807) is 6.07 Å². The van der Waals surface area contributed by atoms with E-state index in [1.165, 1.54) is 6.26 Å². The highest BCUT2D eigenvalue weighted by Gasteiger charge is 2.20. The van der Waals surface area contributed by atoms with Crippen molar-refractivity contribution in [3.63, 3.8) is 0 Å². The van der Waals surface area contributed by atoms with Gasteiger partial charge in [0.15, 0.2) is 0 Å². The minimum absolute atomic E-state index is 0.145. The third-order valence-electron chi connectivity index (χ3n) is 3.19. The highest BCUT2D eigenvalue weighted by Crippen LogP contribution is 2.27. The third kappa shape index (κ3) is 3.39. The van der Waals surface area contributed by atoms with Crippen LogP contribution in [0.15, 0.2) is 16.7 Å². The molecule has 3 nitrogen and oxygen atoms in total. The Kier molecular flexibility index (Phi) is 4.35. The van der Waals surface area contributed by atoms with Crippen molar-refractivity contribution in [3.05, 3.63) is 23.1 Å². The van der Waals surface area contributed by atoms with Crippen LogP contribution in [0.4, 0.5) is 0 Å². The van der Waals surface area contributed by atoms with Gasteiger partial charge in [0, 0.05) is 11.9 Å². The number of amides is 1. The minimum Gasteiger partial charge on any atom is -0.452 e. The summed E-state index contributed by atoms with van der Waals surface area (Å²) in [4.78, 5) is 11.8. The number of carbonyl (C=O) groups is 1. The average Bonchev–Trinajstić information content (AvgIpc) is 2.74. The Morgan fingerprint density at radius 1 is 1.41 bits per heavy atom. The van der Waals surface area contributed by atoms with Gasteiger partial charge in [0.1, 0.15) is 0 Å². The molecule has 2 rings (SSSR count). The number of rotatable bonds is 3. The Balaban J connectivity index is 1.79. The van der Waals surface area contributed by atoms with E-state index in [-0.39, 0.29) is 11.1 Å². The summed E-state index contributed by atoms with van der Waals surface area (Å²) in [5.41, 5.74) is 0.401. The van der Waals surface area contributed by atoms with Gasteiger partial charge in [-0.2, -0.15) is 0 Å². The van der Waals surface area contributed by atoms with Crippen LogP contribution < -0.4 is 5.32 Å². The summed E-state index contributed by atoms with van der Waals surface area (Å²) in [5, 5.41) is 3.34. The van der Waals surface area contributed by atoms with Crippen molar-refractivity contribution in [2.45, 2.75) is 31.1 Å². The van der Waals surface area contributed by atoms with E-state index in [9.17, 15) is 4.79 Å². The number of carbonyl (C=O) groups excluding carboxylic acids is 1. The fourth-order valence-electron chi connectivity index (χ4n) is 2.11. The molecular formula is C12H15Cl2NO2. The van der Waals surface area contributed by atoms with Crippen LogP contribution in [-0.4, -0.2) is 17.8 Å². The molecule has 0 atom stereocenters. The molecule has 17 heavy (non-hydrogen) atoms. The maximum Gasteiger partial charge on any atom is 0.256 e. The number of hydrogen-bond donors (Lipinski definition) is 1. The molecule has 1 N–H and O–H groups in total. The summed E-state index contributed by atoms with van der Waals surface area (Å²) >= 11 is 11.8. The summed E-state index contributed by atoms with van der Waals surface area (Å²) in [6.45, 7) is 0.684. The average molecular weight is 276 g/mol. The van der Waals surface area contributed by atoms with Crippen molar-refractivity contribution >= 4 is 29.1 Å². The Bertz CT molecular complexity index is 384. The highest BCUT2D eigenvalue weighted by atomic mass is 35.5. The molecule has 0 aliphatic heterocycles. The molecule has 0 bridgehead atoms. The second kappa shape index (κ2) is 5.78. The number of furan rings is 1. The normalized spacial score (nSPS) is 24.6. The van der Waals surface area contributed by atoms with Gasteiger partial charge in [0.2, 0.25) is 5.22 Å². The van der Waals surface area contributed by atoms with Crippen LogP contribution in [0.2, 0.25) is 5.22 Å². The number of hydrogen-bond acceptors (Lipinski definition) is 2. The van der Waals surface area contributed by atoms with Crippen molar-refractivity contribution in [2.24, 2.45) is 5.92 Å². The van der Waals surface area contributed by atoms with Gasteiger partial charge in [-0.1, -0.05) is 0 Å². The topological polar surface area (TPSA) is 42.2 Å². The highest BCUT2D eigenvalue weighted by molar-refractivity contribution is 6.32. The lowest BCUT2D eigenvalue weighted by atomic mass is 9.89. The maximum atomic E-state index is 11.8. The van der Waals surface area contributed by atoms with E-state index < -0.39 is 0 Å². The summed E-state index contributed by atoms with van der Waals surface area (Å²) in [6, 6.07) is 1.58. The number of halogens is 2. The van der Waals surface area contributed by atoms with Gasteiger partial charge in [-0.15, -0.1) is 11.6 Å². The summed E-state index contributed by atoms with van der Waals surface area (Å²) in [6.07, 6.45) is 5.64. The van der Waals surface area contributed by atoms with Crippen molar-refractivity contribution in [2.75, 3.05) is 6.54 Å². The molecule has 1 amide bonds. The van der Waals surface area contributed by atoms with Gasteiger partial charge in [-0.25, -0.2) is 0 Å². The van der Waals surface area contributed by atoms with Crippen molar-refractivity contribution in [3.8, 4) is 0 Å². The molecule has 1 aliphatic carbocycles. The molecule has 1 heterocycles. The Morgan fingerprint density at radius 2 is 2.12 bits per heavy atom. The van der Waals surface area contributed by atoms with Crippen LogP contribution in [0.1, 0.15) is 36.0 Å². The smallest absolute Gasteiger partial charge is 0.256 e. The van der Waals surface area contributed by atoms with Gasteiger partial charge in [0.05, 0.1) is 11.8 Å². The zero-order valence-corrected chi connectivity index (χ0v) is 10.9. The second-order valence-corrected chi connectivity index (χ2v) is 5.40. The fraction of sp³-hybridized carbons (Fsp3) is 0.583. The first kappa shape index (κ1) is 12.8. The molecule has 1 aromatic rings. The molecule has 0 radical (unpaired) electrons. The molecule has 0 spiro atoms. The van der Waals surface area contributed by atoms with Crippen LogP contribution in [0.25, 0.3) is 0 Å². The zero-order valence-electron chi connectivity index (χ0n) is 9.42. The van der Waals surface area contributed by atoms with E-state index >= 15 is 0 Å². The molecule has 0 unspecified atom stereocenters. The van der Waals surface area contributed by atoms with E-state index in [2.05, 4.69) is 5.32 Å². The van der Waals surface area contributed by atoms with Crippen molar-refractivity contribution < 1.29 is 9.21 Å². The molecule has 0 aromatic carbocycles. The van der Waals surface area contributed by atoms with Gasteiger partial charge < -0.3 is 9.73 Å². The first-order valence-corrected chi connectivity index (χ1v) is 6.63. The van der Waals surface area contributed by atoms with E-state index in [1.807, 2.05) is 0 Å². The largest absolute Gasteiger partial charge is 0.452 e. The Labute approximate surface area is 110 Å². The van der Waals surface area contributed by atoms with Crippen molar-refractivity contribution in [1.82, 2.24) is 5.32 Å². The maximum absolute atomic E-state index is 11.8. The van der Waals surface area contributed by atoms with Gasteiger partial charge >= 0.3 is 0 Å². The Hall–Kier alpha value is -0.670. The van der Waals surface area contributed by atoms with E-state index in [0.717, 1.165) is 25.7 Å². The third-order valence-corrected chi connectivity index (χ3v) is 3.92. The minimum atomic E-state index is -0.170. The van der Waals surface area contributed by atoms with Crippen LogP contribution in [0.5, 0.6) is 0 Å². The number of alkyl halides is 1. The lowest BCUT2D eigenvalue weighted by Gasteiger charge is -2.24. The van der Waals surface area contributed by atoms with Gasteiger partial charge in [-0.3, -0.25) is 4.79 Å². The molecule has 1 aromatic heterocycles. The van der Waals surface area contributed by atoms with Crippen LogP contribution in [-0.2, 0) is 0 Å². The molecule has 5 heteroatoms. The predicted molar refractivity (Wildman–Crippen MR) is 67.7 cm³/mol. The molecule has 1 aliphatic rings. The monoisotopic (exact) mass is 275 g/mol.